The lowest BCUT2D eigenvalue weighted by molar-refractivity contribution is 0.101. The van der Waals surface area contributed by atoms with Crippen molar-refractivity contribution in [1.82, 2.24) is 15.2 Å². The summed E-state index contributed by atoms with van der Waals surface area (Å²) in [6, 6.07) is 6.58. The topological polar surface area (TPSA) is 94.5 Å². The fraction of sp³-hybridized carbons (Fsp3) is 0.167. The highest BCUT2D eigenvalue weighted by atomic mass is 35.5. The van der Waals surface area contributed by atoms with Crippen molar-refractivity contribution >= 4 is 23.2 Å². The van der Waals surface area contributed by atoms with Gasteiger partial charge < -0.3 is 5.32 Å². The van der Waals surface area contributed by atoms with Gasteiger partial charge in [0.1, 0.15) is 11.9 Å². The summed E-state index contributed by atoms with van der Waals surface area (Å²) in [6.45, 7) is 1.91. The van der Waals surface area contributed by atoms with E-state index in [-0.39, 0.29) is 10.8 Å². The summed E-state index contributed by atoms with van der Waals surface area (Å²) in [5, 5.41) is 18.1. The molecule has 0 radical (unpaired) electrons. The van der Waals surface area contributed by atoms with Gasteiger partial charge in [-0.25, -0.2) is 4.98 Å². The summed E-state index contributed by atoms with van der Waals surface area (Å²) >= 11 is 5.87. The molecular formula is C12H10ClN5O. The number of rotatable bonds is 3. The minimum absolute atomic E-state index is 0.0670. The Kier molecular flexibility index (Phi) is 3.78. The predicted octanol–water partition coefficient (Wildman–Crippen LogP) is 2.14. The average molecular weight is 276 g/mol. The number of nitrogens with zero attached hydrogens (tertiary/aromatic N) is 3. The van der Waals surface area contributed by atoms with Crippen LogP contribution < -0.4 is 5.32 Å². The number of hydrogen-bond acceptors (Lipinski definition) is 4. The SMILES string of the molecule is CCc1nc(C(=O)Nc2ccc(C#N)c(Cl)c2)n[nH]1. The average Bonchev–Trinajstić information content (AvgIpc) is 2.88. The van der Waals surface area contributed by atoms with Gasteiger partial charge >= 0.3 is 0 Å². The summed E-state index contributed by atoms with van der Waals surface area (Å²) in [5.41, 5.74) is 0.836. The molecule has 0 saturated heterocycles. The van der Waals surface area contributed by atoms with Crippen LogP contribution in [0.25, 0.3) is 0 Å². The zero-order valence-electron chi connectivity index (χ0n) is 10.1. The molecule has 19 heavy (non-hydrogen) atoms. The van der Waals surface area contributed by atoms with E-state index in [4.69, 9.17) is 16.9 Å². The molecule has 0 atom stereocenters. The second kappa shape index (κ2) is 5.50. The fourth-order valence-electron chi connectivity index (χ4n) is 1.43. The molecule has 96 valence electrons. The Morgan fingerprint density at radius 3 is 2.95 bits per heavy atom. The molecule has 7 heteroatoms. The number of halogens is 1. The molecule has 1 aromatic heterocycles. The molecule has 0 aliphatic heterocycles. The van der Waals surface area contributed by atoms with E-state index in [0.717, 1.165) is 0 Å². The zero-order valence-corrected chi connectivity index (χ0v) is 10.8. The number of carbonyl (C=O) groups excluding carboxylic acids is 1. The minimum Gasteiger partial charge on any atom is -0.319 e. The molecular weight excluding hydrogens is 266 g/mol. The van der Waals surface area contributed by atoms with Gasteiger partial charge in [-0.15, -0.1) is 5.10 Å². The molecule has 6 nitrogen and oxygen atoms in total. The third-order valence-corrected chi connectivity index (χ3v) is 2.73. The maximum atomic E-state index is 11.8. The molecule has 0 aliphatic rings. The summed E-state index contributed by atoms with van der Waals surface area (Å²) in [5.74, 6) is 0.275. The highest BCUT2D eigenvalue weighted by molar-refractivity contribution is 6.32. The maximum absolute atomic E-state index is 11.8. The lowest BCUT2D eigenvalue weighted by Gasteiger charge is -2.03. The van der Waals surface area contributed by atoms with Crippen molar-refractivity contribution in [1.29, 1.82) is 5.26 Å². The van der Waals surface area contributed by atoms with Crippen LogP contribution in [-0.2, 0) is 6.42 Å². The number of aromatic amines is 1. The van der Waals surface area contributed by atoms with Crippen molar-refractivity contribution in [3.63, 3.8) is 0 Å². The molecule has 0 aliphatic carbocycles. The van der Waals surface area contributed by atoms with Crippen molar-refractivity contribution in [3.8, 4) is 6.07 Å². The van der Waals surface area contributed by atoms with Gasteiger partial charge in [-0.1, -0.05) is 18.5 Å². The van der Waals surface area contributed by atoms with Crippen molar-refractivity contribution in [2.24, 2.45) is 0 Å². The van der Waals surface area contributed by atoms with Crippen LogP contribution in [0.1, 0.15) is 28.9 Å². The number of H-pyrrole nitrogens is 1. The molecule has 1 heterocycles. The minimum atomic E-state index is -0.434. The van der Waals surface area contributed by atoms with Gasteiger partial charge in [-0.05, 0) is 18.2 Å². The molecule has 0 spiro atoms. The van der Waals surface area contributed by atoms with E-state index in [1.54, 1.807) is 6.07 Å². The van der Waals surface area contributed by atoms with Crippen LogP contribution in [0.2, 0.25) is 5.02 Å². The van der Waals surface area contributed by atoms with E-state index in [9.17, 15) is 4.79 Å². The van der Waals surface area contributed by atoms with E-state index >= 15 is 0 Å². The first-order valence-corrected chi connectivity index (χ1v) is 5.94. The van der Waals surface area contributed by atoms with Crippen LogP contribution in [0, 0.1) is 11.3 Å². The summed E-state index contributed by atoms with van der Waals surface area (Å²) in [7, 11) is 0. The zero-order chi connectivity index (χ0) is 13.8. The van der Waals surface area contributed by atoms with Gasteiger partial charge in [0.2, 0.25) is 5.82 Å². The number of anilines is 1. The summed E-state index contributed by atoms with van der Waals surface area (Å²) in [6.07, 6.45) is 0.670. The predicted molar refractivity (Wildman–Crippen MR) is 69.9 cm³/mol. The second-order valence-electron chi connectivity index (χ2n) is 3.72. The summed E-state index contributed by atoms with van der Waals surface area (Å²) in [4.78, 5) is 15.9. The van der Waals surface area contributed by atoms with Crippen molar-refractivity contribution in [2.75, 3.05) is 5.32 Å². The van der Waals surface area contributed by atoms with Gasteiger partial charge in [0.05, 0.1) is 10.6 Å². The molecule has 2 N–H and O–H groups in total. The van der Waals surface area contributed by atoms with Crippen LogP contribution in [0.4, 0.5) is 5.69 Å². The molecule has 2 rings (SSSR count). The van der Waals surface area contributed by atoms with Crippen LogP contribution in [0.5, 0.6) is 0 Å². The van der Waals surface area contributed by atoms with Gasteiger partial charge in [0.15, 0.2) is 0 Å². The number of hydrogen-bond donors (Lipinski definition) is 2. The van der Waals surface area contributed by atoms with Gasteiger partial charge in [-0.2, -0.15) is 5.26 Å². The Hall–Kier alpha value is -2.39. The highest BCUT2D eigenvalue weighted by Crippen LogP contribution is 2.20. The highest BCUT2D eigenvalue weighted by Gasteiger charge is 2.12. The normalized spacial score (nSPS) is 9.95. The Bertz CT molecular complexity index is 658. The maximum Gasteiger partial charge on any atom is 0.295 e. The molecule has 0 unspecified atom stereocenters. The Balaban J connectivity index is 2.15. The Morgan fingerprint density at radius 2 is 2.37 bits per heavy atom. The largest absolute Gasteiger partial charge is 0.319 e. The number of amides is 1. The van der Waals surface area contributed by atoms with Crippen molar-refractivity contribution in [2.45, 2.75) is 13.3 Å². The number of aryl methyl sites for hydroxylation is 1. The van der Waals surface area contributed by atoms with Crippen LogP contribution in [0.3, 0.4) is 0 Å². The Morgan fingerprint density at radius 1 is 1.58 bits per heavy atom. The molecule has 2 aromatic rings. The van der Waals surface area contributed by atoms with Crippen LogP contribution in [-0.4, -0.2) is 21.1 Å². The van der Waals surface area contributed by atoms with E-state index < -0.39 is 5.91 Å². The van der Waals surface area contributed by atoms with E-state index in [1.165, 1.54) is 12.1 Å². The van der Waals surface area contributed by atoms with Gasteiger partial charge in [-0.3, -0.25) is 9.89 Å². The Labute approximate surface area is 114 Å². The van der Waals surface area contributed by atoms with Gasteiger partial charge in [0, 0.05) is 12.1 Å². The number of carbonyl (C=O) groups is 1. The second-order valence-corrected chi connectivity index (χ2v) is 4.13. The third kappa shape index (κ3) is 2.89. The van der Waals surface area contributed by atoms with E-state index in [2.05, 4.69) is 20.5 Å². The number of benzene rings is 1. The van der Waals surface area contributed by atoms with Crippen LogP contribution in [0.15, 0.2) is 18.2 Å². The van der Waals surface area contributed by atoms with Gasteiger partial charge in [0.25, 0.3) is 5.91 Å². The first kappa shape index (κ1) is 13.1. The third-order valence-electron chi connectivity index (χ3n) is 2.42. The molecule has 0 fully saturated rings. The summed E-state index contributed by atoms with van der Waals surface area (Å²) < 4.78 is 0. The standard InChI is InChI=1S/C12H10ClN5O/c1-2-10-16-11(18-17-10)12(19)15-8-4-3-7(6-14)9(13)5-8/h3-5H,2H2,1H3,(H,15,19)(H,16,17,18). The monoisotopic (exact) mass is 275 g/mol. The van der Waals surface area contributed by atoms with E-state index in [1.807, 2.05) is 13.0 Å². The first-order chi connectivity index (χ1) is 9.13. The molecule has 0 saturated carbocycles. The van der Waals surface area contributed by atoms with Crippen molar-refractivity contribution < 1.29 is 4.79 Å². The quantitative estimate of drug-likeness (QED) is 0.897. The molecule has 1 amide bonds. The number of nitriles is 1. The van der Waals surface area contributed by atoms with E-state index in [0.29, 0.717) is 23.5 Å². The smallest absolute Gasteiger partial charge is 0.295 e. The van der Waals surface area contributed by atoms with Crippen molar-refractivity contribution in [3.05, 3.63) is 40.4 Å². The lowest BCUT2D eigenvalue weighted by Crippen LogP contribution is -2.13. The lowest BCUT2D eigenvalue weighted by atomic mass is 10.2. The first-order valence-electron chi connectivity index (χ1n) is 5.56. The molecule has 0 bridgehead atoms. The molecule has 1 aromatic carbocycles. The fourth-order valence-corrected chi connectivity index (χ4v) is 1.65. The number of nitrogens with one attached hydrogen (secondary N) is 2. The number of aromatic nitrogens is 3. The van der Waals surface area contributed by atoms with Crippen LogP contribution >= 0.6 is 11.6 Å².